The number of ether oxygens (including phenoxy) is 1. The highest BCUT2D eigenvalue weighted by atomic mass is 32.2. The van der Waals surface area contributed by atoms with Gasteiger partial charge in [-0.2, -0.15) is 11.8 Å². The van der Waals surface area contributed by atoms with Crippen LogP contribution in [0.4, 0.5) is 0 Å². The van der Waals surface area contributed by atoms with Crippen molar-refractivity contribution in [1.82, 2.24) is 4.90 Å². The number of esters is 1. The molecule has 2 fully saturated rings. The van der Waals surface area contributed by atoms with Crippen LogP contribution in [0, 0.1) is 0 Å². The molecule has 0 amide bonds. The topological polar surface area (TPSA) is 29.5 Å². The van der Waals surface area contributed by atoms with E-state index >= 15 is 0 Å². The smallest absolute Gasteiger partial charge is 0.307 e. The molecule has 22 heavy (non-hydrogen) atoms. The maximum absolute atomic E-state index is 12.2. The number of unbranched alkanes of at least 4 members (excludes halogenated alkanes) is 1. The normalized spacial score (nSPS) is 26.8. The standard InChI is InChI=1S/C18H33NO2S/c1-2-3-15-22-17-10-6-5-9-16(17)21-18(20)11-14-19-12-7-4-8-13-19/h16-17H,2-15H2,1H3. The summed E-state index contributed by atoms with van der Waals surface area (Å²) in [6.45, 7) is 5.44. The number of rotatable bonds is 8. The Balaban J connectivity index is 1.68. The molecule has 1 saturated carbocycles. The third-order valence-electron chi connectivity index (χ3n) is 4.84. The van der Waals surface area contributed by atoms with Gasteiger partial charge in [-0.05, 0) is 57.4 Å². The second-order valence-electron chi connectivity index (χ2n) is 6.73. The highest BCUT2D eigenvalue weighted by Gasteiger charge is 2.28. The summed E-state index contributed by atoms with van der Waals surface area (Å²) in [6, 6.07) is 0. The van der Waals surface area contributed by atoms with E-state index in [0.29, 0.717) is 11.7 Å². The lowest BCUT2D eigenvalue weighted by Crippen LogP contribution is -2.35. The average molecular weight is 328 g/mol. The van der Waals surface area contributed by atoms with Crippen LogP contribution in [0.2, 0.25) is 0 Å². The van der Waals surface area contributed by atoms with Gasteiger partial charge in [-0.15, -0.1) is 0 Å². The van der Waals surface area contributed by atoms with E-state index in [1.807, 2.05) is 11.8 Å². The Morgan fingerprint density at radius 2 is 1.91 bits per heavy atom. The number of carbonyl (C=O) groups is 1. The van der Waals surface area contributed by atoms with Gasteiger partial charge in [0.1, 0.15) is 6.10 Å². The molecular formula is C18H33NO2S. The first-order valence-electron chi connectivity index (χ1n) is 9.33. The van der Waals surface area contributed by atoms with Crippen molar-refractivity contribution in [1.29, 1.82) is 0 Å². The van der Waals surface area contributed by atoms with Crippen molar-refractivity contribution in [2.45, 2.75) is 82.5 Å². The lowest BCUT2D eigenvalue weighted by atomic mass is 9.97. The van der Waals surface area contributed by atoms with E-state index in [9.17, 15) is 4.79 Å². The van der Waals surface area contributed by atoms with Gasteiger partial charge in [-0.25, -0.2) is 0 Å². The predicted molar refractivity (Wildman–Crippen MR) is 94.4 cm³/mol. The quantitative estimate of drug-likeness (QED) is 0.492. The van der Waals surface area contributed by atoms with Crippen molar-refractivity contribution in [3.63, 3.8) is 0 Å². The molecule has 0 aromatic rings. The van der Waals surface area contributed by atoms with E-state index in [0.717, 1.165) is 26.1 Å². The fourth-order valence-electron chi connectivity index (χ4n) is 3.43. The molecule has 128 valence electrons. The highest BCUT2D eigenvalue weighted by Crippen LogP contribution is 2.31. The molecule has 1 aliphatic heterocycles. The Bertz CT molecular complexity index is 318. The van der Waals surface area contributed by atoms with Crippen molar-refractivity contribution in [3.8, 4) is 0 Å². The van der Waals surface area contributed by atoms with Crippen molar-refractivity contribution in [3.05, 3.63) is 0 Å². The second kappa shape index (κ2) is 10.5. The van der Waals surface area contributed by atoms with Crippen LogP contribution < -0.4 is 0 Å². The minimum absolute atomic E-state index is 0.0264. The molecule has 0 radical (unpaired) electrons. The number of carbonyl (C=O) groups excluding carboxylic acids is 1. The Kier molecular flexibility index (Phi) is 8.68. The molecule has 0 aromatic heterocycles. The highest BCUT2D eigenvalue weighted by molar-refractivity contribution is 7.99. The fourth-order valence-corrected chi connectivity index (χ4v) is 4.93. The average Bonchev–Trinajstić information content (AvgIpc) is 2.56. The summed E-state index contributed by atoms with van der Waals surface area (Å²) in [5.74, 6) is 1.24. The minimum atomic E-state index is 0.0264. The Morgan fingerprint density at radius 1 is 1.14 bits per heavy atom. The summed E-state index contributed by atoms with van der Waals surface area (Å²) >= 11 is 2.03. The van der Waals surface area contributed by atoms with Gasteiger partial charge in [0.05, 0.1) is 6.42 Å². The summed E-state index contributed by atoms with van der Waals surface area (Å²) in [5.41, 5.74) is 0. The molecule has 2 aliphatic rings. The van der Waals surface area contributed by atoms with Gasteiger partial charge in [0.25, 0.3) is 0 Å². The number of likely N-dealkylation sites (tertiary alicyclic amines) is 1. The predicted octanol–water partition coefficient (Wildman–Crippen LogP) is 4.25. The third-order valence-corrected chi connectivity index (χ3v) is 6.33. The molecule has 0 bridgehead atoms. The lowest BCUT2D eigenvalue weighted by molar-refractivity contribution is -0.150. The molecule has 2 atom stereocenters. The largest absolute Gasteiger partial charge is 0.461 e. The second-order valence-corrected chi connectivity index (χ2v) is 8.07. The van der Waals surface area contributed by atoms with Gasteiger partial charge in [0.15, 0.2) is 0 Å². The zero-order valence-corrected chi connectivity index (χ0v) is 15.0. The summed E-state index contributed by atoms with van der Waals surface area (Å²) in [7, 11) is 0. The molecule has 3 nitrogen and oxygen atoms in total. The monoisotopic (exact) mass is 327 g/mol. The molecule has 1 saturated heterocycles. The van der Waals surface area contributed by atoms with Crippen LogP contribution >= 0.6 is 11.8 Å². The molecule has 4 heteroatoms. The summed E-state index contributed by atoms with van der Waals surface area (Å²) in [4.78, 5) is 14.6. The zero-order valence-electron chi connectivity index (χ0n) is 14.2. The van der Waals surface area contributed by atoms with Gasteiger partial charge in [-0.1, -0.05) is 26.2 Å². The van der Waals surface area contributed by atoms with Crippen LogP contribution in [0.15, 0.2) is 0 Å². The lowest BCUT2D eigenvalue weighted by Gasteiger charge is -2.31. The minimum Gasteiger partial charge on any atom is -0.461 e. The van der Waals surface area contributed by atoms with Gasteiger partial charge in [0, 0.05) is 11.8 Å². The number of hydrogen-bond acceptors (Lipinski definition) is 4. The Labute approximate surface area is 140 Å². The summed E-state index contributed by atoms with van der Waals surface area (Å²) in [5, 5.41) is 0.541. The van der Waals surface area contributed by atoms with Crippen LogP contribution in [0.25, 0.3) is 0 Å². The van der Waals surface area contributed by atoms with Gasteiger partial charge < -0.3 is 9.64 Å². The van der Waals surface area contributed by atoms with Crippen LogP contribution in [0.1, 0.15) is 71.1 Å². The van der Waals surface area contributed by atoms with Gasteiger partial charge in [-0.3, -0.25) is 4.79 Å². The zero-order chi connectivity index (χ0) is 15.6. The Hall–Kier alpha value is -0.220. The summed E-state index contributed by atoms with van der Waals surface area (Å²) in [6.07, 6.45) is 12.0. The van der Waals surface area contributed by atoms with Crippen LogP contribution in [-0.4, -0.2) is 47.6 Å². The first-order chi connectivity index (χ1) is 10.8. The first kappa shape index (κ1) is 18.1. The van der Waals surface area contributed by atoms with Crippen molar-refractivity contribution >= 4 is 17.7 Å². The van der Waals surface area contributed by atoms with Crippen molar-refractivity contribution < 1.29 is 9.53 Å². The van der Waals surface area contributed by atoms with Crippen LogP contribution in [0.5, 0.6) is 0 Å². The summed E-state index contributed by atoms with van der Waals surface area (Å²) < 4.78 is 5.84. The van der Waals surface area contributed by atoms with Gasteiger partial charge in [0.2, 0.25) is 0 Å². The van der Waals surface area contributed by atoms with E-state index in [4.69, 9.17) is 4.74 Å². The molecule has 2 rings (SSSR count). The molecule has 0 aromatic carbocycles. The maximum Gasteiger partial charge on any atom is 0.307 e. The van der Waals surface area contributed by atoms with E-state index in [2.05, 4.69) is 11.8 Å². The van der Waals surface area contributed by atoms with Gasteiger partial charge >= 0.3 is 5.97 Å². The van der Waals surface area contributed by atoms with Crippen molar-refractivity contribution in [2.75, 3.05) is 25.4 Å². The first-order valence-corrected chi connectivity index (χ1v) is 10.4. The van der Waals surface area contributed by atoms with E-state index in [1.54, 1.807) is 0 Å². The van der Waals surface area contributed by atoms with Crippen LogP contribution in [-0.2, 0) is 9.53 Å². The molecule has 1 heterocycles. The number of thioether (sulfide) groups is 1. The van der Waals surface area contributed by atoms with E-state index in [1.165, 1.54) is 57.1 Å². The molecule has 0 N–H and O–H groups in total. The third kappa shape index (κ3) is 6.49. The van der Waals surface area contributed by atoms with Crippen LogP contribution in [0.3, 0.4) is 0 Å². The molecule has 0 spiro atoms. The number of piperidine rings is 1. The molecule has 2 unspecified atom stereocenters. The maximum atomic E-state index is 12.2. The van der Waals surface area contributed by atoms with E-state index in [-0.39, 0.29) is 12.1 Å². The molecular weight excluding hydrogens is 294 g/mol. The number of hydrogen-bond donors (Lipinski definition) is 0. The fraction of sp³-hybridized carbons (Fsp3) is 0.944. The Morgan fingerprint density at radius 3 is 2.68 bits per heavy atom. The SMILES string of the molecule is CCCCSC1CCCCC1OC(=O)CCN1CCCCC1. The van der Waals surface area contributed by atoms with E-state index < -0.39 is 0 Å². The molecule has 1 aliphatic carbocycles. The van der Waals surface area contributed by atoms with Crippen molar-refractivity contribution in [2.24, 2.45) is 0 Å². The number of nitrogens with zero attached hydrogens (tertiary/aromatic N) is 1.